The van der Waals surface area contributed by atoms with Crippen LogP contribution in [0.1, 0.15) is 23.1 Å². The van der Waals surface area contributed by atoms with Gasteiger partial charge in [-0.3, -0.25) is 4.79 Å². The molecule has 24 heavy (non-hydrogen) atoms. The minimum atomic E-state index is -1.61. The van der Waals surface area contributed by atoms with Gasteiger partial charge in [-0.15, -0.1) is 0 Å². The Kier molecular flexibility index (Phi) is 4.09. The first-order valence-corrected chi connectivity index (χ1v) is 7.54. The molecule has 2 heterocycles. The Hall–Kier alpha value is -2.70. The SMILES string of the molecule is Cc1nc2c(=O)c(=C(O)[C@H](O)[C@@H](O)c3ccccc3)ccn2c1C. The number of aromatic nitrogens is 2. The van der Waals surface area contributed by atoms with Crippen LogP contribution < -0.4 is 10.6 Å². The fourth-order valence-corrected chi connectivity index (χ4v) is 2.66. The maximum absolute atomic E-state index is 12.5. The highest BCUT2D eigenvalue weighted by Gasteiger charge is 2.23. The molecule has 0 fully saturated rings. The number of aryl methyl sites for hydroxylation is 2. The van der Waals surface area contributed by atoms with Gasteiger partial charge in [0.15, 0.2) is 5.65 Å². The summed E-state index contributed by atoms with van der Waals surface area (Å²) in [6.07, 6.45) is -1.34. The Bertz CT molecular complexity index is 995. The number of nitrogens with zero attached hydrogens (tertiary/aromatic N) is 2. The summed E-state index contributed by atoms with van der Waals surface area (Å²) in [7, 11) is 0. The molecular formula is C18H18N2O4. The lowest BCUT2D eigenvalue weighted by atomic mass is 10.0. The van der Waals surface area contributed by atoms with E-state index in [1.54, 1.807) is 47.9 Å². The van der Waals surface area contributed by atoms with Crippen molar-refractivity contribution < 1.29 is 15.3 Å². The molecule has 0 aliphatic carbocycles. The van der Waals surface area contributed by atoms with Gasteiger partial charge in [-0.05, 0) is 25.5 Å². The maximum Gasteiger partial charge on any atom is 0.232 e. The van der Waals surface area contributed by atoms with Gasteiger partial charge in [-0.25, -0.2) is 4.98 Å². The Morgan fingerprint density at radius 2 is 1.79 bits per heavy atom. The summed E-state index contributed by atoms with van der Waals surface area (Å²) in [5, 5.41) is 30.7. The second kappa shape index (κ2) is 6.07. The van der Waals surface area contributed by atoms with Crippen molar-refractivity contribution in [3.05, 3.63) is 75.0 Å². The molecular weight excluding hydrogens is 308 g/mol. The Labute approximate surface area is 138 Å². The van der Waals surface area contributed by atoms with Gasteiger partial charge in [0.05, 0.1) is 10.9 Å². The quantitative estimate of drug-likeness (QED) is 0.661. The zero-order chi connectivity index (χ0) is 17.4. The van der Waals surface area contributed by atoms with Crippen molar-refractivity contribution in [1.82, 2.24) is 9.38 Å². The molecule has 3 aromatic rings. The van der Waals surface area contributed by atoms with E-state index in [1.165, 1.54) is 6.07 Å². The summed E-state index contributed by atoms with van der Waals surface area (Å²) in [6, 6.07) is 9.87. The third-order valence-electron chi connectivity index (χ3n) is 4.22. The average Bonchev–Trinajstić information content (AvgIpc) is 2.90. The highest BCUT2D eigenvalue weighted by Crippen LogP contribution is 2.20. The fraction of sp³-hybridized carbons (Fsp3) is 0.222. The smallest absolute Gasteiger partial charge is 0.232 e. The molecule has 0 aliphatic heterocycles. The van der Waals surface area contributed by atoms with E-state index >= 15 is 0 Å². The summed E-state index contributed by atoms with van der Waals surface area (Å²) in [5.41, 5.74) is 1.67. The second-order valence-electron chi connectivity index (χ2n) is 5.72. The van der Waals surface area contributed by atoms with Crippen LogP contribution in [0.3, 0.4) is 0 Å². The van der Waals surface area contributed by atoms with Crippen molar-refractivity contribution in [3.8, 4) is 0 Å². The van der Waals surface area contributed by atoms with Gasteiger partial charge in [0.2, 0.25) is 5.43 Å². The standard InChI is InChI=1S/C18H18N2O4/c1-10-11(2)20-9-8-13(16(23)18(20)19-10)15(22)17(24)14(21)12-6-4-3-5-7-12/h3-9,14,17,21-22,24H,1-2H3/t14-,17+/m0/s1. The lowest BCUT2D eigenvalue weighted by Crippen LogP contribution is -2.34. The van der Waals surface area contributed by atoms with Crippen molar-refractivity contribution in [3.63, 3.8) is 0 Å². The van der Waals surface area contributed by atoms with Crippen LogP contribution in [0.5, 0.6) is 0 Å². The minimum absolute atomic E-state index is 0.0741. The van der Waals surface area contributed by atoms with Crippen LogP contribution >= 0.6 is 0 Å². The molecule has 2 aromatic heterocycles. The first kappa shape index (κ1) is 16.2. The molecule has 3 N–H and O–H groups in total. The fourth-order valence-electron chi connectivity index (χ4n) is 2.66. The third-order valence-corrected chi connectivity index (χ3v) is 4.22. The summed E-state index contributed by atoms with van der Waals surface area (Å²) in [5.74, 6) is -0.572. The molecule has 2 atom stereocenters. The number of hydrogen-bond acceptors (Lipinski definition) is 5. The van der Waals surface area contributed by atoms with Gasteiger partial charge in [0.25, 0.3) is 0 Å². The third kappa shape index (κ3) is 2.55. The van der Waals surface area contributed by atoms with Gasteiger partial charge >= 0.3 is 0 Å². The van der Waals surface area contributed by atoms with Gasteiger partial charge in [0, 0.05) is 11.9 Å². The number of hydrogen-bond donors (Lipinski definition) is 3. The topological polar surface area (TPSA) is 95.1 Å². The van der Waals surface area contributed by atoms with Gasteiger partial charge in [-0.1, -0.05) is 30.3 Å². The lowest BCUT2D eigenvalue weighted by molar-refractivity contribution is 0.0390. The molecule has 0 spiro atoms. The number of aliphatic hydroxyl groups excluding tert-OH is 3. The number of rotatable bonds is 3. The van der Waals surface area contributed by atoms with Gasteiger partial charge in [-0.2, -0.15) is 0 Å². The van der Waals surface area contributed by atoms with Crippen molar-refractivity contribution in [2.24, 2.45) is 0 Å². The number of fused-ring (bicyclic) bond motifs is 1. The molecule has 0 amide bonds. The number of pyridine rings is 1. The average molecular weight is 326 g/mol. The molecule has 3 rings (SSSR count). The largest absolute Gasteiger partial charge is 0.509 e. The summed E-state index contributed by atoms with van der Waals surface area (Å²) in [6.45, 7) is 3.63. The predicted octanol–water partition coefficient (Wildman–Crippen LogP) is 0.791. The molecule has 0 unspecified atom stereocenters. The molecule has 0 bridgehead atoms. The molecule has 0 saturated carbocycles. The van der Waals surface area contributed by atoms with Crippen molar-refractivity contribution in [2.45, 2.75) is 26.1 Å². The number of aliphatic hydroxyl groups is 3. The second-order valence-corrected chi connectivity index (χ2v) is 5.72. The molecule has 124 valence electrons. The summed E-state index contributed by atoms with van der Waals surface area (Å²) < 4.78 is 1.63. The predicted molar refractivity (Wildman–Crippen MR) is 89.6 cm³/mol. The number of benzene rings is 1. The molecule has 6 nitrogen and oxygen atoms in total. The van der Waals surface area contributed by atoms with Crippen molar-refractivity contribution in [2.75, 3.05) is 0 Å². The number of imidazole rings is 1. The highest BCUT2D eigenvalue weighted by molar-refractivity contribution is 5.49. The Morgan fingerprint density at radius 3 is 2.46 bits per heavy atom. The van der Waals surface area contributed by atoms with E-state index in [0.717, 1.165) is 5.69 Å². The van der Waals surface area contributed by atoms with E-state index in [0.29, 0.717) is 11.3 Å². The van der Waals surface area contributed by atoms with Crippen LogP contribution in [-0.2, 0) is 0 Å². The first-order valence-electron chi connectivity index (χ1n) is 7.54. The van der Waals surface area contributed by atoms with E-state index in [2.05, 4.69) is 4.98 Å². The molecule has 6 heteroatoms. The zero-order valence-electron chi connectivity index (χ0n) is 13.3. The molecule has 0 radical (unpaired) electrons. The summed E-state index contributed by atoms with van der Waals surface area (Å²) >= 11 is 0. The normalized spacial score (nSPS) is 15.3. The lowest BCUT2D eigenvalue weighted by Gasteiger charge is -2.17. The van der Waals surface area contributed by atoms with Gasteiger partial charge in [0.1, 0.15) is 18.0 Å². The van der Waals surface area contributed by atoms with E-state index in [4.69, 9.17) is 0 Å². The first-order chi connectivity index (χ1) is 11.4. The molecule has 0 saturated heterocycles. The van der Waals surface area contributed by atoms with Crippen molar-refractivity contribution in [1.29, 1.82) is 0 Å². The van der Waals surface area contributed by atoms with Crippen LogP contribution in [0.25, 0.3) is 11.4 Å². The van der Waals surface area contributed by atoms with E-state index in [1.807, 2.05) is 6.92 Å². The monoisotopic (exact) mass is 326 g/mol. The van der Waals surface area contributed by atoms with Crippen molar-refractivity contribution >= 4 is 11.4 Å². The minimum Gasteiger partial charge on any atom is -0.509 e. The van der Waals surface area contributed by atoms with E-state index in [-0.39, 0.29) is 10.9 Å². The maximum atomic E-state index is 12.5. The van der Waals surface area contributed by atoms with Crippen LogP contribution in [0.2, 0.25) is 0 Å². The van der Waals surface area contributed by atoms with Crippen LogP contribution in [0.4, 0.5) is 0 Å². The molecule has 0 aliphatic rings. The Balaban J connectivity index is 2.13. The van der Waals surface area contributed by atoms with E-state index in [9.17, 15) is 20.1 Å². The Morgan fingerprint density at radius 1 is 1.12 bits per heavy atom. The van der Waals surface area contributed by atoms with Crippen LogP contribution in [0.15, 0.2) is 47.4 Å². The highest BCUT2D eigenvalue weighted by atomic mass is 16.4. The van der Waals surface area contributed by atoms with Crippen LogP contribution in [-0.4, -0.2) is 30.8 Å². The van der Waals surface area contributed by atoms with Gasteiger partial charge < -0.3 is 19.7 Å². The summed E-state index contributed by atoms with van der Waals surface area (Å²) in [4.78, 5) is 16.7. The van der Waals surface area contributed by atoms with E-state index < -0.39 is 23.4 Å². The van der Waals surface area contributed by atoms with Crippen LogP contribution in [0, 0.1) is 13.8 Å². The molecule has 1 aromatic carbocycles. The zero-order valence-corrected chi connectivity index (χ0v) is 13.3.